The Balaban J connectivity index is 1.17. The monoisotopic (exact) mass is 808 g/mol. The maximum absolute atomic E-state index is 13.3. The maximum Gasteiger partial charge on any atom is 0.472 e. The van der Waals surface area contributed by atoms with Crippen LogP contribution in [-0.4, -0.2) is 122 Å². The van der Waals surface area contributed by atoms with Crippen LogP contribution in [0.3, 0.4) is 0 Å². The molecule has 3 aromatic heterocycles. The molecular weight excluding hydrogens is 770 g/mol. The molecule has 0 bridgehead atoms. The Morgan fingerprint density at radius 3 is 2.60 bits per heavy atom. The van der Waals surface area contributed by atoms with Crippen LogP contribution in [0.1, 0.15) is 31.7 Å². The molecule has 3 fully saturated rings. The number of carbonyl (C=O) groups excluding carboxylic acids is 1. The summed E-state index contributed by atoms with van der Waals surface area (Å²) in [7, 11) is -10.2. The molecule has 0 aliphatic carbocycles. The second-order valence-electron chi connectivity index (χ2n) is 12.2. The fourth-order valence-corrected chi connectivity index (χ4v) is 8.26. The normalized spacial score (nSPS) is 29.4. The summed E-state index contributed by atoms with van der Waals surface area (Å²) in [6.45, 7) is -0.852. The number of imidazole rings is 1. The number of phosphoric ester groups is 2. The molecule has 24 nitrogen and oxygen atoms in total. The summed E-state index contributed by atoms with van der Waals surface area (Å²) < 4.78 is 59.5. The van der Waals surface area contributed by atoms with E-state index < -0.39 is 89.5 Å². The van der Waals surface area contributed by atoms with Gasteiger partial charge in [0.15, 0.2) is 23.8 Å². The van der Waals surface area contributed by atoms with E-state index in [1.807, 2.05) is 0 Å². The molecular formula is C26H38N10O14P2S. The van der Waals surface area contributed by atoms with Gasteiger partial charge in [-0.1, -0.05) is 0 Å². The minimum absolute atomic E-state index is 0.0456. The van der Waals surface area contributed by atoms with E-state index >= 15 is 0 Å². The zero-order chi connectivity index (χ0) is 38.1. The molecule has 0 aromatic carbocycles. The lowest BCUT2D eigenvalue weighted by atomic mass is 10.1. The summed E-state index contributed by atoms with van der Waals surface area (Å²) in [5.74, 6) is -0.116. The molecule has 3 aliphatic rings. The van der Waals surface area contributed by atoms with Crippen LogP contribution in [0.2, 0.25) is 0 Å². The van der Waals surface area contributed by atoms with Gasteiger partial charge in [-0.3, -0.25) is 27.5 Å². The number of carbonyl (C=O) groups is 1. The van der Waals surface area contributed by atoms with E-state index in [-0.39, 0.29) is 40.9 Å². The SMILES string of the molecule is Nc1ccn([C@H]2C[C@H](OP(=O)(O)OC[C@@H]3OC(n4cnc5c(N)ncnc54)[C@H](O)[C@@H]3OC(=O)C(N)CC[C@H]3CNCS3)[C@@H](COP(=O)(O)O)O2)c(=O)n1. The van der Waals surface area contributed by atoms with Crippen LogP contribution in [0, 0.1) is 0 Å². The van der Waals surface area contributed by atoms with Crippen molar-refractivity contribution in [1.29, 1.82) is 0 Å². The van der Waals surface area contributed by atoms with E-state index in [1.54, 1.807) is 11.8 Å². The number of nitrogens with two attached hydrogens (primary N) is 3. The molecule has 27 heteroatoms. The topological polar surface area (TPSA) is 356 Å². The van der Waals surface area contributed by atoms with Gasteiger partial charge in [-0.2, -0.15) is 4.98 Å². The lowest BCUT2D eigenvalue weighted by molar-refractivity contribution is -0.158. The number of hydrogen-bond donors (Lipinski definition) is 8. The number of aromatic nitrogens is 6. The number of thioether (sulfide) groups is 1. The first-order valence-electron chi connectivity index (χ1n) is 16.0. The molecule has 53 heavy (non-hydrogen) atoms. The highest BCUT2D eigenvalue weighted by Gasteiger charge is 2.50. The summed E-state index contributed by atoms with van der Waals surface area (Å²) >= 11 is 1.70. The fourth-order valence-electron chi connectivity index (χ4n) is 5.95. The van der Waals surface area contributed by atoms with E-state index in [9.17, 15) is 38.5 Å². The average molecular weight is 809 g/mol. The number of hydrogen-bond acceptors (Lipinski definition) is 20. The highest BCUT2D eigenvalue weighted by atomic mass is 32.2. The number of nitrogen functional groups attached to an aromatic ring is 2. The second-order valence-corrected chi connectivity index (χ2v) is 16.1. The number of anilines is 2. The second kappa shape index (κ2) is 16.3. The van der Waals surface area contributed by atoms with Crippen LogP contribution >= 0.6 is 27.4 Å². The largest absolute Gasteiger partial charge is 0.472 e. The minimum Gasteiger partial charge on any atom is -0.455 e. The van der Waals surface area contributed by atoms with Crippen molar-refractivity contribution in [3.05, 3.63) is 35.4 Å². The van der Waals surface area contributed by atoms with Crippen LogP contribution < -0.4 is 28.2 Å². The number of phosphoric acid groups is 2. The van der Waals surface area contributed by atoms with Crippen LogP contribution in [0.25, 0.3) is 11.2 Å². The van der Waals surface area contributed by atoms with E-state index in [0.29, 0.717) is 6.42 Å². The number of nitrogens with zero attached hydrogens (tertiary/aromatic N) is 6. The summed E-state index contributed by atoms with van der Waals surface area (Å²) in [4.78, 5) is 70.6. The molecule has 3 aromatic rings. The van der Waals surface area contributed by atoms with Gasteiger partial charge in [0, 0.05) is 30.3 Å². The van der Waals surface area contributed by atoms with Crippen molar-refractivity contribution >= 4 is 56.2 Å². The van der Waals surface area contributed by atoms with Gasteiger partial charge in [0.1, 0.15) is 54.3 Å². The maximum atomic E-state index is 13.3. The Bertz CT molecular complexity index is 1930. The number of ether oxygens (including phenoxy) is 3. The molecule has 10 atom stereocenters. The predicted octanol–water partition coefficient (Wildman–Crippen LogP) is -1.91. The molecule has 6 heterocycles. The highest BCUT2D eigenvalue weighted by molar-refractivity contribution is 8.00. The molecule has 0 spiro atoms. The zero-order valence-corrected chi connectivity index (χ0v) is 30.1. The van der Waals surface area contributed by atoms with E-state index in [0.717, 1.165) is 17.0 Å². The molecule has 0 radical (unpaired) electrons. The van der Waals surface area contributed by atoms with Crippen LogP contribution in [0.5, 0.6) is 0 Å². The molecule has 3 unspecified atom stereocenters. The van der Waals surface area contributed by atoms with Crippen molar-refractivity contribution < 1.29 is 61.5 Å². The summed E-state index contributed by atoms with van der Waals surface area (Å²) in [6, 6.07) is 0.226. The van der Waals surface area contributed by atoms with Gasteiger partial charge >= 0.3 is 27.3 Å². The van der Waals surface area contributed by atoms with Crippen LogP contribution in [0.15, 0.2) is 29.7 Å². The van der Waals surface area contributed by atoms with Gasteiger partial charge in [-0.15, -0.1) is 11.8 Å². The van der Waals surface area contributed by atoms with Crippen molar-refractivity contribution in [1.82, 2.24) is 34.4 Å². The Labute approximate surface area is 303 Å². The molecule has 3 aliphatic heterocycles. The summed E-state index contributed by atoms with van der Waals surface area (Å²) in [5, 5.41) is 14.9. The van der Waals surface area contributed by atoms with E-state index in [4.69, 9.17) is 40.5 Å². The average Bonchev–Trinajstić information content (AvgIpc) is 3.89. The molecule has 3 saturated heterocycles. The van der Waals surface area contributed by atoms with Crippen LogP contribution in [0.4, 0.5) is 11.6 Å². The highest BCUT2D eigenvalue weighted by Crippen LogP contribution is 2.50. The fraction of sp³-hybridized carbons (Fsp3) is 0.615. The Morgan fingerprint density at radius 1 is 1.11 bits per heavy atom. The summed E-state index contributed by atoms with van der Waals surface area (Å²) in [5.41, 5.74) is 17.1. The Morgan fingerprint density at radius 2 is 1.89 bits per heavy atom. The molecule has 11 N–H and O–H groups in total. The van der Waals surface area contributed by atoms with Gasteiger partial charge in [0.25, 0.3) is 0 Å². The van der Waals surface area contributed by atoms with Crippen molar-refractivity contribution in [2.45, 2.75) is 73.5 Å². The standard InChI is InChI=1S/C26H38N10O14P2S/c27-13(2-1-12-6-30-11-53-12)25(38)49-21-16(48-24(20(21)37)36-10-33-19-22(29)31-9-32-23(19)36)8-46-52(43,44)50-14-5-18(35-4-3-17(28)34-26(35)39)47-15(14)7-45-51(40,41)42/h3-4,9-10,12-16,18,20-21,24,30,37H,1-2,5-8,11,27H2,(H,43,44)(H2,28,34,39)(H2,29,31,32)(H2,40,41,42)/t12-,13?,14-,15+,16-,18+,20+,21+,24?/m0/s1. The number of fused-ring (bicyclic) bond motifs is 1. The lowest BCUT2D eigenvalue weighted by Gasteiger charge is -2.24. The summed E-state index contributed by atoms with van der Waals surface area (Å²) in [6.07, 6.45) is -5.55. The molecule has 0 amide bonds. The molecule has 292 valence electrons. The van der Waals surface area contributed by atoms with Crippen molar-refractivity contribution in [3.63, 3.8) is 0 Å². The Hall–Kier alpha value is -3.13. The lowest BCUT2D eigenvalue weighted by Crippen LogP contribution is -2.43. The van der Waals surface area contributed by atoms with Crippen molar-refractivity contribution in [2.75, 3.05) is 37.1 Å². The number of rotatable bonds is 15. The Kier molecular flexibility index (Phi) is 12.2. The molecule has 6 rings (SSSR count). The van der Waals surface area contributed by atoms with Gasteiger partial charge in [-0.05, 0) is 18.9 Å². The smallest absolute Gasteiger partial charge is 0.455 e. The van der Waals surface area contributed by atoms with E-state index in [2.05, 4.69) is 29.8 Å². The first kappa shape index (κ1) is 39.6. The third-order valence-electron chi connectivity index (χ3n) is 8.54. The quantitative estimate of drug-likeness (QED) is 0.0613. The van der Waals surface area contributed by atoms with Gasteiger partial charge in [0.05, 0.1) is 19.5 Å². The van der Waals surface area contributed by atoms with Crippen LogP contribution in [-0.2, 0) is 41.7 Å². The van der Waals surface area contributed by atoms with Crippen molar-refractivity contribution in [3.8, 4) is 0 Å². The number of aliphatic hydroxyl groups excluding tert-OH is 1. The number of nitrogens with one attached hydrogen (secondary N) is 1. The van der Waals surface area contributed by atoms with E-state index in [1.165, 1.54) is 29.5 Å². The van der Waals surface area contributed by atoms with Gasteiger partial charge in [-0.25, -0.2) is 28.9 Å². The third-order valence-corrected chi connectivity index (χ3v) is 11.3. The van der Waals surface area contributed by atoms with Crippen molar-refractivity contribution in [2.24, 2.45) is 5.73 Å². The third kappa shape index (κ3) is 9.58. The molecule has 0 saturated carbocycles. The van der Waals surface area contributed by atoms with Gasteiger partial charge in [0.2, 0.25) is 0 Å². The number of esters is 1. The number of aliphatic hydroxyl groups is 1. The minimum atomic E-state index is -5.13. The predicted molar refractivity (Wildman–Crippen MR) is 181 cm³/mol. The zero-order valence-electron chi connectivity index (χ0n) is 27.5. The van der Waals surface area contributed by atoms with Gasteiger partial charge < -0.3 is 56.5 Å². The first-order valence-corrected chi connectivity index (χ1v) is 20.1. The first-order chi connectivity index (χ1) is 25.1.